The van der Waals surface area contributed by atoms with Crippen molar-refractivity contribution in [1.29, 1.82) is 0 Å². The maximum atomic E-state index is 9.96. The van der Waals surface area contributed by atoms with E-state index in [1.807, 2.05) is 31.3 Å². The summed E-state index contributed by atoms with van der Waals surface area (Å²) < 4.78 is 2.12. The number of para-hydroxylation sites is 1. The molecule has 2 aromatic carbocycles. The number of nitrogens with zero attached hydrogens (tertiary/aromatic N) is 2. The SMILES string of the molecule is Cc1ccc(-c2ncc(C)n2Cc2ccccc2O)cc1. The predicted molar refractivity (Wildman–Crippen MR) is 84.3 cm³/mol. The number of imidazole rings is 1. The normalized spacial score (nSPS) is 10.8. The fourth-order valence-electron chi connectivity index (χ4n) is 2.41. The second-order valence-corrected chi connectivity index (χ2v) is 5.30. The van der Waals surface area contributed by atoms with Gasteiger partial charge in [0, 0.05) is 23.0 Å². The van der Waals surface area contributed by atoms with Gasteiger partial charge in [-0.15, -0.1) is 0 Å². The summed E-state index contributed by atoms with van der Waals surface area (Å²) in [7, 11) is 0. The number of phenolic OH excluding ortho intramolecular Hbond substituents is 1. The molecule has 0 bridgehead atoms. The van der Waals surface area contributed by atoms with Crippen molar-refractivity contribution >= 4 is 0 Å². The van der Waals surface area contributed by atoms with Gasteiger partial charge in [0.15, 0.2) is 0 Å². The Labute approximate surface area is 124 Å². The van der Waals surface area contributed by atoms with Gasteiger partial charge in [0.05, 0.1) is 6.54 Å². The van der Waals surface area contributed by atoms with E-state index in [0.29, 0.717) is 12.3 Å². The van der Waals surface area contributed by atoms with Crippen molar-refractivity contribution in [1.82, 2.24) is 9.55 Å². The quantitative estimate of drug-likeness (QED) is 0.788. The lowest BCUT2D eigenvalue weighted by molar-refractivity contribution is 0.466. The van der Waals surface area contributed by atoms with E-state index in [0.717, 1.165) is 22.6 Å². The van der Waals surface area contributed by atoms with Crippen LogP contribution in [0.1, 0.15) is 16.8 Å². The van der Waals surface area contributed by atoms with Gasteiger partial charge in [-0.05, 0) is 19.9 Å². The molecular formula is C18H18N2O. The zero-order chi connectivity index (χ0) is 14.8. The van der Waals surface area contributed by atoms with E-state index in [1.54, 1.807) is 6.07 Å². The second kappa shape index (κ2) is 5.44. The summed E-state index contributed by atoms with van der Waals surface area (Å²) in [6.45, 7) is 4.72. The van der Waals surface area contributed by atoms with Crippen molar-refractivity contribution in [2.24, 2.45) is 0 Å². The third-order valence-corrected chi connectivity index (χ3v) is 3.68. The number of rotatable bonds is 3. The Bertz CT molecular complexity index is 757. The zero-order valence-corrected chi connectivity index (χ0v) is 12.2. The molecular weight excluding hydrogens is 260 g/mol. The summed E-state index contributed by atoms with van der Waals surface area (Å²) in [5.74, 6) is 1.25. The van der Waals surface area contributed by atoms with E-state index in [9.17, 15) is 5.11 Å². The second-order valence-electron chi connectivity index (χ2n) is 5.30. The predicted octanol–water partition coefficient (Wildman–Crippen LogP) is 3.92. The van der Waals surface area contributed by atoms with Crippen LogP contribution in [0.4, 0.5) is 0 Å². The van der Waals surface area contributed by atoms with Gasteiger partial charge < -0.3 is 9.67 Å². The van der Waals surface area contributed by atoms with Crippen LogP contribution in [0.3, 0.4) is 0 Å². The highest BCUT2D eigenvalue weighted by Crippen LogP contribution is 2.24. The topological polar surface area (TPSA) is 38.0 Å². The Morgan fingerprint density at radius 3 is 2.43 bits per heavy atom. The molecule has 0 fully saturated rings. The zero-order valence-electron chi connectivity index (χ0n) is 12.2. The number of hydrogen-bond acceptors (Lipinski definition) is 2. The van der Waals surface area contributed by atoms with Crippen LogP contribution in [-0.2, 0) is 6.54 Å². The summed E-state index contributed by atoms with van der Waals surface area (Å²) in [5.41, 5.74) is 4.29. The summed E-state index contributed by atoms with van der Waals surface area (Å²) in [6, 6.07) is 15.8. The van der Waals surface area contributed by atoms with Crippen LogP contribution in [0.2, 0.25) is 0 Å². The lowest BCUT2D eigenvalue weighted by Gasteiger charge is -2.11. The third kappa shape index (κ3) is 2.68. The molecule has 1 N–H and O–H groups in total. The van der Waals surface area contributed by atoms with E-state index >= 15 is 0 Å². The summed E-state index contributed by atoms with van der Waals surface area (Å²) in [6.07, 6.45) is 1.87. The van der Waals surface area contributed by atoms with Crippen LogP contribution in [0, 0.1) is 13.8 Å². The Morgan fingerprint density at radius 1 is 1.00 bits per heavy atom. The standard InChI is InChI=1S/C18H18N2O/c1-13-7-9-15(10-8-13)18-19-11-14(2)20(18)12-16-5-3-4-6-17(16)21/h3-11,21H,12H2,1-2H3. The lowest BCUT2D eigenvalue weighted by Crippen LogP contribution is -2.04. The highest BCUT2D eigenvalue weighted by atomic mass is 16.3. The van der Waals surface area contributed by atoms with Crippen molar-refractivity contribution in [3.05, 3.63) is 71.5 Å². The average molecular weight is 278 g/mol. The fraction of sp³-hybridized carbons (Fsp3) is 0.167. The van der Waals surface area contributed by atoms with E-state index in [2.05, 4.69) is 40.7 Å². The summed E-state index contributed by atoms with van der Waals surface area (Å²) in [4.78, 5) is 4.52. The molecule has 1 heterocycles. The van der Waals surface area contributed by atoms with Crippen molar-refractivity contribution in [3.8, 4) is 17.1 Å². The maximum Gasteiger partial charge on any atom is 0.140 e. The first-order chi connectivity index (χ1) is 10.1. The Morgan fingerprint density at radius 2 is 1.71 bits per heavy atom. The minimum absolute atomic E-state index is 0.320. The minimum atomic E-state index is 0.320. The molecule has 0 aliphatic heterocycles. The van der Waals surface area contributed by atoms with Crippen LogP contribution in [-0.4, -0.2) is 14.7 Å². The first-order valence-corrected chi connectivity index (χ1v) is 7.01. The average Bonchev–Trinajstić information content (AvgIpc) is 2.84. The molecule has 0 amide bonds. The van der Waals surface area contributed by atoms with Gasteiger partial charge >= 0.3 is 0 Å². The van der Waals surface area contributed by atoms with E-state index < -0.39 is 0 Å². The molecule has 21 heavy (non-hydrogen) atoms. The van der Waals surface area contributed by atoms with Crippen LogP contribution >= 0.6 is 0 Å². The molecule has 3 nitrogen and oxygen atoms in total. The fourth-order valence-corrected chi connectivity index (χ4v) is 2.41. The summed E-state index contributed by atoms with van der Waals surface area (Å²) in [5, 5.41) is 9.96. The number of aromatic nitrogens is 2. The number of aryl methyl sites for hydroxylation is 2. The van der Waals surface area contributed by atoms with Crippen LogP contribution in [0.25, 0.3) is 11.4 Å². The first kappa shape index (κ1) is 13.4. The van der Waals surface area contributed by atoms with E-state index in [-0.39, 0.29) is 0 Å². The van der Waals surface area contributed by atoms with Gasteiger partial charge in [-0.2, -0.15) is 0 Å². The molecule has 0 aliphatic rings. The molecule has 0 unspecified atom stereocenters. The number of hydrogen-bond donors (Lipinski definition) is 1. The smallest absolute Gasteiger partial charge is 0.140 e. The van der Waals surface area contributed by atoms with Crippen LogP contribution < -0.4 is 0 Å². The first-order valence-electron chi connectivity index (χ1n) is 7.01. The molecule has 0 atom stereocenters. The Kier molecular flexibility index (Phi) is 3.48. The molecule has 0 spiro atoms. The summed E-state index contributed by atoms with van der Waals surface area (Å²) >= 11 is 0. The lowest BCUT2D eigenvalue weighted by atomic mass is 10.1. The van der Waals surface area contributed by atoms with Gasteiger partial charge in [0.1, 0.15) is 11.6 Å². The number of aromatic hydroxyl groups is 1. The van der Waals surface area contributed by atoms with Crippen molar-refractivity contribution in [2.75, 3.05) is 0 Å². The highest BCUT2D eigenvalue weighted by Gasteiger charge is 2.11. The Balaban J connectivity index is 2.01. The molecule has 0 saturated heterocycles. The van der Waals surface area contributed by atoms with Crippen molar-refractivity contribution < 1.29 is 5.11 Å². The van der Waals surface area contributed by atoms with Gasteiger partial charge in [0.25, 0.3) is 0 Å². The molecule has 106 valence electrons. The highest BCUT2D eigenvalue weighted by molar-refractivity contribution is 5.57. The van der Waals surface area contributed by atoms with Gasteiger partial charge in [-0.1, -0.05) is 48.0 Å². The third-order valence-electron chi connectivity index (χ3n) is 3.68. The molecule has 1 aromatic heterocycles. The molecule has 0 radical (unpaired) electrons. The van der Waals surface area contributed by atoms with Gasteiger partial charge in [-0.25, -0.2) is 4.98 Å². The molecule has 3 heteroatoms. The monoisotopic (exact) mass is 278 g/mol. The number of benzene rings is 2. The van der Waals surface area contributed by atoms with E-state index in [1.165, 1.54) is 5.56 Å². The van der Waals surface area contributed by atoms with Crippen molar-refractivity contribution in [3.63, 3.8) is 0 Å². The van der Waals surface area contributed by atoms with Crippen LogP contribution in [0.15, 0.2) is 54.7 Å². The van der Waals surface area contributed by atoms with Crippen molar-refractivity contribution in [2.45, 2.75) is 20.4 Å². The van der Waals surface area contributed by atoms with Gasteiger partial charge in [-0.3, -0.25) is 0 Å². The molecule has 3 rings (SSSR count). The van der Waals surface area contributed by atoms with Crippen LogP contribution in [0.5, 0.6) is 5.75 Å². The van der Waals surface area contributed by atoms with Gasteiger partial charge in [0.2, 0.25) is 0 Å². The maximum absolute atomic E-state index is 9.96. The molecule has 0 saturated carbocycles. The Hall–Kier alpha value is -2.55. The molecule has 3 aromatic rings. The minimum Gasteiger partial charge on any atom is -0.508 e. The largest absolute Gasteiger partial charge is 0.508 e. The number of phenols is 1. The molecule has 0 aliphatic carbocycles. The van der Waals surface area contributed by atoms with E-state index in [4.69, 9.17) is 0 Å².